The smallest absolute Gasteiger partial charge is 0.250 e. The summed E-state index contributed by atoms with van der Waals surface area (Å²) in [6.45, 7) is 0. The molecule has 1 amide bonds. The Morgan fingerprint density at radius 2 is 1.82 bits per heavy atom. The Bertz CT molecular complexity index is 491. The molecule has 0 saturated heterocycles. The van der Waals surface area contributed by atoms with Crippen molar-refractivity contribution in [1.82, 2.24) is 4.98 Å². The number of amides is 1. The fourth-order valence-electron chi connectivity index (χ4n) is 1.64. The molecule has 0 aliphatic carbocycles. The van der Waals surface area contributed by atoms with Crippen LogP contribution in [0.1, 0.15) is 21.6 Å². The van der Waals surface area contributed by atoms with Crippen molar-refractivity contribution < 1.29 is 4.79 Å². The third-order valence-electron chi connectivity index (χ3n) is 2.62. The van der Waals surface area contributed by atoms with Crippen molar-refractivity contribution in [1.29, 1.82) is 0 Å². The maximum atomic E-state index is 10.9. The summed E-state index contributed by atoms with van der Waals surface area (Å²) >= 11 is 0. The molecular formula is C14H14N2O. The van der Waals surface area contributed by atoms with E-state index < -0.39 is 5.91 Å². The predicted molar refractivity (Wildman–Crippen MR) is 66.6 cm³/mol. The first-order chi connectivity index (χ1) is 8.25. The lowest BCUT2D eigenvalue weighted by Gasteiger charge is -2.02. The van der Waals surface area contributed by atoms with Crippen molar-refractivity contribution in [3.05, 3.63) is 65.5 Å². The van der Waals surface area contributed by atoms with E-state index in [9.17, 15) is 4.79 Å². The number of nitrogens with two attached hydrogens (primary N) is 1. The van der Waals surface area contributed by atoms with Crippen LogP contribution >= 0.6 is 0 Å². The van der Waals surface area contributed by atoms with Crippen molar-refractivity contribution in [2.24, 2.45) is 5.73 Å². The van der Waals surface area contributed by atoms with Gasteiger partial charge in [-0.3, -0.25) is 9.78 Å². The number of aryl methyl sites for hydroxylation is 2. The van der Waals surface area contributed by atoms with Crippen molar-refractivity contribution in [2.75, 3.05) is 0 Å². The van der Waals surface area contributed by atoms with Crippen LogP contribution in [0.25, 0.3) is 0 Å². The van der Waals surface area contributed by atoms with Gasteiger partial charge >= 0.3 is 0 Å². The maximum Gasteiger partial charge on any atom is 0.250 e. The lowest BCUT2D eigenvalue weighted by molar-refractivity contribution is 0.1000. The van der Waals surface area contributed by atoms with Gasteiger partial charge in [0.2, 0.25) is 5.91 Å². The lowest BCUT2D eigenvalue weighted by Crippen LogP contribution is -2.11. The fraction of sp³-hybridized carbons (Fsp3) is 0.143. The lowest BCUT2D eigenvalue weighted by atomic mass is 10.1. The summed E-state index contributed by atoms with van der Waals surface area (Å²) < 4.78 is 0. The van der Waals surface area contributed by atoms with Gasteiger partial charge in [0.25, 0.3) is 0 Å². The van der Waals surface area contributed by atoms with Crippen LogP contribution in [-0.2, 0) is 12.8 Å². The van der Waals surface area contributed by atoms with Crippen LogP contribution in [0.3, 0.4) is 0 Å². The van der Waals surface area contributed by atoms with Gasteiger partial charge in [-0.15, -0.1) is 0 Å². The quantitative estimate of drug-likeness (QED) is 0.866. The number of rotatable bonds is 4. The average molecular weight is 226 g/mol. The third kappa shape index (κ3) is 3.14. The summed E-state index contributed by atoms with van der Waals surface area (Å²) in [6, 6.07) is 13.8. The molecule has 2 aromatic rings. The molecule has 2 rings (SSSR count). The van der Waals surface area contributed by atoms with Gasteiger partial charge < -0.3 is 5.73 Å². The normalized spacial score (nSPS) is 10.1. The van der Waals surface area contributed by atoms with E-state index >= 15 is 0 Å². The zero-order valence-corrected chi connectivity index (χ0v) is 9.47. The average Bonchev–Trinajstić information content (AvgIpc) is 2.38. The molecule has 1 heterocycles. The topological polar surface area (TPSA) is 56.0 Å². The Morgan fingerprint density at radius 1 is 1.06 bits per heavy atom. The van der Waals surface area contributed by atoms with Crippen LogP contribution in [0, 0.1) is 0 Å². The molecular weight excluding hydrogens is 212 g/mol. The minimum Gasteiger partial charge on any atom is -0.366 e. The number of benzene rings is 1. The van der Waals surface area contributed by atoms with Crippen molar-refractivity contribution in [3.8, 4) is 0 Å². The predicted octanol–water partition coefficient (Wildman–Crippen LogP) is 1.97. The molecule has 2 N–H and O–H groups in total. The number of hydrogen-bond donors (Lipinski definition) is 1. The van der Waals surface area contributed by atoms with Gasteiger partial charge in [-0.25, -0.2) is 0 Å². The minimum absolute atomic E-state index is 0.438. The summed E-state index contributed by atoms with van der Waals surface area (Å²) in [5, 5.41) is 0. The second-order valence-corrected chi connectivity index (χ2v) is 3.89. The van der Waals surface area contributed by atoms with E-state index in [2.05, 4.69) is 17.1 Å². The highest BCUT2D eigenvalue weighted by atomic mass is 16.1. The van der Waals surface area contributed by atoms with Gasteiger partial charge in [-0.2, -0.15) is 0 Å². The number of carbonyl (C=O) groups is 1. The molecule has 0 fully saturated rings. The minimum atomic E-state index is -0.438. The summed E-state index contributed by atoms with van der Waals surface area (Å²) in [5.74, 6) is -0.438. The first kappa shape index (κ1) is 11.3. The molecule has 0 atom stereocenters. The van der Waals surface area contributed by atoms with E-state index in [1.54, 1.807) is 6.07 Å². The molecule has 0 unspecified atom stereocenters. The largest absolute Gasteiger partial charge is 0.366 e. The number of nitrogens with zero attached hydrogens (tertiary/aromatic N) is 1. The second kappa shape index (κ2) is 5.25. The van der Waals surface area contributed by atoms with Gasteiger partial charge in [-0.05, 0) is 30.5 Å². The first-order valence-corrected chi connectivity index (χ1v) is 5.54. The summed E-state index contributed by atoms with van der Waals surface area (Å²) in [7, 11) is 0. The molecule has 0 aliphatic rings. The highest BCUT2D eigenvalue weighted by Gasteiger charge is 2.01. The Morgan fingerprint density at radius 3 is 2.41 bits per heavy atom. The Hall–Kier alpha value is -2.16. The molecule has 86 valence electrons. The van der Waals surface area contributed by atoms with Crippen molar-refractivity contribution >= 4 is 5.91 Å². The standard InChI is InChI=1S/C14H14N2O/c15-14(17)12-7-9-13(16-10-12)8-6-11-4-2-1-3-5-11/h1-5,7,9-10H,6,8H2,(H2,15,17). The Labute approximate surface area is 100 Å². The van der Waals surface area contributed by atoms with E-state index in [0.29, 0.717) is 5.56 Å². The highest BCUT2D eigenvalue weighted by Crippen LogP contribution is 2.06. The molecule has 3 heteroatoms. The number of carbonyl (C=O) groups excluding carboxylic acids is 1. The van der Waals surface area contributed by atoms with Crippen LogP contribution in [0.4, 0.5) is 0 Å². The third-order valence-corrected chi connectivity index (χ3v) is 2.62. The van der Waals surface area contributed by atoms with Crippen LogP contribution in [-0.4, -0.2) is 10.9 Å². The summed E-state index contributed by atoms with van der Waals surface area (Å²) in [4.78, 5) is 15.1. The molecule has 0 bridgehead atoms. The van der Waals surface area contributed by atoms with E-state index in [-0.39, 0.29) is 0 Å². The number of primary amides is 1. The zero-order valence-electron chi connectivity index (χ0n) is 9.47. The molecule has 0 spiro atoms. The maximum absolute atomic E-state index is 10.9. The number of pyridine rings is 1. The fourth-order valence-corrected chi connectivity index (χ4v) is 1.64. The molecule has 0 saturated carbocycles. The van der Waals surface area contributed by atoms with Crippen molar-refractivity contribution in [3.63, 3.8) is 0 Å². The SMILES string of the molecule is NC(=O)c1ccc(CCc2ccccc2)nc1. The Kier molecular flexibility index (Phi) is 3.50. The van der Waals surface area contributed by atoms with Gasteiger partial charge in [0, 0.05) is 11.9 Å². The van der Waals surface area contributed by atoms with Crippen LogP contribution in [0.15, 0.2) is 48.7 Å². The van der Waals surface area contributed by atoms with E-state index in [4.69, 9.17) is 5.73 Å². The molecule has 1 aromatic heterocycles. The molecule has 3 nitrogen and oxygen atoms in total. The van der Waals surface area contributed by atoms with Gasteiger partial charge in [-0.1, -0.05) is 30.3 Å². The van der Waals surface area contributed by atoms with Crippen LogP contribution in [0.2, 0.25) is 0 Å². The van der Waals surface area contributed by atoms with Gasteiger partial charge in [0.1, 0.15) is 0 Å². The molecule has 0 radical (unpaired) electrons. The summed E-state index contributed by atoms with van der Waals surface area (Å²) in [5.41, 5.74) is 7.86. The van der Waals surface area contributed by atoms with Crippen LogP contribution < -0.4 is 5.73 Å². The first-order valence-electron chi connectivity index (χ1n) is 5.54. The van der Waals surface area contributed by atoms with Crippen molar-refractivity contribution in [2.45, 2.75) is 12.8 Å². The zero-order chi connectivity index (χ0) is 12.1. The second-order valence-electron chi connectivity index (χ2n) is 3.89. The summed E-state index contributed by atoms with van der Waals surface area (Å²) in [6.07, 6.45) is 3.34. The number of hydrogen-bond acceptors (Lipinski definition) is 2. The van der Waals surface area contributed by atoms with Gasteiger partial charge in [0.15, 0.2) is 0 Å². The number of aromatic nitrogens is 1. The van der Waals surface area contributed by atoms with E-state index in [1.807, 2.05) is 24.3 Å². The monoisotopic (exact) mass is 226 g/mol. The highest BCUT2D eigenvalue weighted by molar-refractivity contribution is 5.92. The van der Waals surface area contributed by atoms with Crippen LogP contribution in [0.5, 0.6) is 0 Å². The van der Waals surface area contributed by atoms with Gasteiger partial charge in [0.05, 0.1) is 5.56 Å². The molecule has 17 heavy (non-hydrogen) atoms. The molecule has 0 aliphatic heterocycles. The van der Waals surface area contributed by atoms with E-state index in [0.717, 1.165) is 18.5 Å². The Balaban J connectivity index is 1.98. The van der Waals surface area contributed by atoms with E-state index in [1.165, 1.54) is 11.8 Å². The molecule has 1 aromatic carbocycles.